The Morgan fingerprint density at radius 3 is 2.85 bits per heavy atom. The van der Waals surface area contributed by atoms with Crippen LogP contribution in [0.2, 0.25) is 0 Å². The van der Waals surface area contributed by atoms with Crippen LogP contribution in [0.25, 0.3) is 10.4 Å². The number of methoxy groups -OCH3 is 1. The third-order valence-electron chi connectivity index (χ3n) is 4.21. The van der Waals surface area contributed by atoms with Crippen molar-refractivity contribution in [3.05, 3.63) is 51.4 Å². The summed E-state index contributed by atoms with van der Waals surface area (Å²) in [7, 11) is 1.57. The molecule has 8 heteroatoms. The molecule has 0 atom stereocenters. The lowest BCUT2D eigenvalue weighted by molar-refractivity contribution is -0.0399. The van der Waals surface area contributed by atoms with Gasteiger partial charge in [-0.2, -0.15) is 5.26 Å². The van der Waals surface area contributed by atoms with Crippen molar-refractivity contribution < 1.29 is 9.47 Å². The summed E-state index contributed by atoms with van der Waals surface area (Å²) in [6.45, 7) is 4.16. The molecule has 0 saturated heterocycles. The zero-order chi connectivity index (χ0) is 18.7. The summed E-state index contributed by atoms with van der Waals surface area (Å²) in [6, 6.07) is 9.55. The normalized spacial score (nSPS) is 14.5. The summed E-state index contributed by atoms with van der Waals surface area (Å²) in [4.78, 5) is 7.23. The van der Waals surface area contributed by atoms with Crippen LogP contribution in [0.1, 0.15) is 30.5 Å². The Bertz CT molecular complexity index is 941. The molecule has 1 aromatic carbocycles. The average molecular weight is 350 g/mol. The fraction of sp³-hybridized carbons (Fsp3) is 0.333. The number of nitriles is 1. The molecular weight excluding hydrogens is 332 g/mol. The van der Waals surface area contributed by atoms with E-state index in [4.69, 9.17) is 15.0 Å². The Balaban J connectivity index is 2.18. The second-order valence-corrected chi connectivity index (χ2v) is 6.47. The first-order valence-corrected chi connectivity index (χ1v) is 8.04. The fourth-order valence-electron chi connectivity index (χ4n) is 2.96. The van der Waals surface area contributed by atoms with E-state index in [1.807, 2.05) is 32.0 Å². The molecule has 2 heterocycles. The summed E-state index contributed by atoms with van der Waals surface area (Å²) in [6.07, 6.45) is 0.516. The molecule has 1 N–H and O–H groups in total. The molecule has 0 amide bonds. The van der Waals surface area contributed by atoms with Gasteiger partial charge in [-0.1, -0.05) is 12.1 Å². The molecule has 0 spiro atoms. The summed E-state index contributed by atoms with van der Waals surface area (Å²) < 4.78 is 11.1. The van der Waals surface area contributed by atoms with E-state index in [9.17, 15) is 5.26 Å². The van der Waals surface area contributed by atoms with E-state index in [1.54, 1.807) is 13.2 Å². The second kappa shape index (κ2) is 6.92. The zero-order valence-electron chi connectivity index (χ0n) is 14.8. The maximum absolute atomic E-state index is 9.76. The number of anilines is 2. The minimum absolute atomic E-state index is 0.217. The van der Waals surface area contributed by atoms with Crippen LogP contribution in [0.4, 0.5) is 17.3 Å². The van der Waals surface area contributed by atoms with Gasteiger partial charge < -0.3 is 14.8 Å². The van der Waals surface area contributed by atoms with Crippen LogP contribution in [0.3, 0.4) is 0 Å². The van der Waals surface area contributed by atoms with Gasteiger partial charge in [-0.3, -0.25) is 0 Å². The number of nitrogens with one attached hydrogen (secondary N) is 1. The Morgan fingerprint density at radius 1 is 1.38 bits per heavy atom. The quantitative estimate of drug-likeness (QED) is 0.495. The molecule has 0 radical (unpaired) electrons. The van der Waals surface area contributed by atoms with E-state index in [-0.39, 0.29) is 12.4 Å². The maximum atomic E-state index is 9.76. The second-order valence-electron chi connectivity index (χ2n) is 6.47. The number of azide groups is 1. The predicted molar refractivity (Wildman–Crippen MR) is 96.6 cm³/mol. The Labute approximate surface area is 151 Å². The summed E-state index contributed by atoms with van der Waals surface area (Å²) >= 11 is 0. The van der Waals surface area contributed by atoms with E-state index in [1.165, 1.54) is 0 Å². The molecule has 0 fully saturated rings. The van der Waals surface area contributed by atoms with Gasteiger partial charge >= 0.3 is 0 Å². The summed E-state index contributed by atoms with van der Waals surface area (Å²) in [5.74, 6) is 1.16. The summed E-state index contributed by atoms with van der Waals surface area (Å²) in [5, 5.41) is 16.6. The van der Waals surface area contributed by atoms with Gasteiger partial charge in [0.25, 0.3) is 0 Å². The predicted octanol–water partition coefficient (Wildman–Crippen LogP) is 4.50. The van der Waals surface area contributed by atoms with Crippen LogP contribution >= 0.6 is 0 Å². The molecular formula is C18H18N6O2. The number of fused-ring (bicyclic) bond motifs is 1. The SMILES string of the molecule is COc1ccccc1Nc1nc(N=[N+]=[N-])c2c(c1C#N)CC(C)(C)OC2. The number of benzene rings is 1. The first-order chi connectivity index (χ1) is 12.5. The van der Waals surface area contributed by atoms with Crippen molar-refractivity contribution in [3.63, 3.8) is 0 Å². The number of para-hydroxylation sites is 2. The van der Waals surface area contributed by atoms with Gasteiger partial charge in [0.05, 0.1) is 30.6 Å². The molecule has 1 aliphatic rings. The molecule has 0 bridgehead atoms. The lowest BCUT2D eigenvalue weighted by Gasteiger charge is -2.33. The first-order valence-electron chi connectivity index (χ1n) is 8.04. The minimum Gasteiger partial charge on any atom is -0.495 e. The number of aromatic nitrogens is 1. The van der Waals surface area contributed by atoms with E-state index < -0.39 is 5.60 Å². The molecule has 1 aliphatic heterocycles. The smallest absolute Gasteiger partial charge is 0.149 e. The highest BCUT2D eigenvalue weighted by Gasteiger charge is 2.31. The van der Waals surface area contributed by atoms with Crippen molar-refractivity contribution in [2.75, 3.05) is 12.4 Å². The molecule has 1 aromatic heterocycles. The molecule has 2 aromatic rings. The van der Waals surface area contributed by atoms with Crippen LogP contribution < -0.4 is 10.1 Å². The number of hydrogen-bond donors (Lipinski definition) is 1. The van der Waals surface area contributed by atoms with Gasteiger partial charge in [0.15, 0.2) is 0 Å². The van der Waals surface area contributed by atoms with E-state index in [0.717, 1.165) is 5.56 Å². The Hall–Kier alpha value is -3.27. The van der Waals surface area contributed by atoms with Gasteiger partial charge in [0.1, 0.15) is 23.5 Å². The number of nitrogens with zero attached hydrogens (tertiary/aromatic N) is 5. The van der Waals surface area contributed by atoms with Crippen molar-refractivity contribution in [2.45, 2.75) is 32.5 Å². The Kier molecular flexibility index (Phi) is 4.67. The first kappa shape index (κ1) is 17.5. The zero-order valence-corrected chi connectivity index (χ0v) is 14.8. The lowest BCUT2D eigenvalue weighted by Crippen LogP contribution is -2.32. The van der Waals surface area contributed by atoms with Crippen LogP contribution in [0.15, 0.2) is 29.4 Å². The third kappa shape index (κ3) is 3.26. The standard InChI is InChI=1S/C18H18N6O2/c1-18(2)8-11-12(9-19)16(21-14-6-4-5-7-15(14)25-3)22-17(23-24-20)13(11)10-26-18/h4-7H,8,10H2,1-3H3,(H,21,22). The topological polar surface area (TPSA) is 116 Å². The van der Waals surface area contributed by atoms with Gasteiger partial charge in [-0.25, -0.2) is 4.98 Å². The highest BCUT2D eigenvalue weighted by Crippen LogP contribution is 2.38. The highest BCUT2D eigenvalue weighted by atomic mass is 16.5. The van der Waals surface area contributed by atoms with Crippen molar-refractivity contribution >= 4 is 17.3 Å². The molecule has 0 saturated carbocycles. The Morgan fingerprint density at radius 2 is 2.15 bits per heavy atom. The molecule has 0 aliphatic carbocycles. The van der Waals surface area contributed by atoms with Crippen molar-refractivity contribution in [1.29, 1.82) is 5.26 Å². The average Bonchev–Trinajstić information content (AvgIpc) is 2.61. The van der Waals surface area contributed by atoms with Crippen LogP contribution in [-0.4, -0.2) is 17.7 Å². The van der Waals surface area contributed by atoms with E-state index in [0.29, 0.717) is 34.8 Å². The number of hydrogen-bond acceptors (Lipinski definition) is 6. The van der Waals surface area contributed by atoms with Gasteiger partial charge in [0.2, 0.25) is 0 Å². The molecule has 26 heavy (non-hydrogen) atoms. The third-order valence-corrected chi connectivity index (χ3v) is 4.21. The molecule has 8 nitrogen and oxygen atoms in total. The van der Waals surface area contributed by atoms with Crippen molar-refractivity contribution in [1.82, 2.24) is 4.98 Å². The number of pyridine rings is 1. The molecule has 132 valence electrons. The van der Waals surface area contributed by atoms with Crippen LogP contribution in [0.5, 0.6) is 5.75 Å². The van der Waals surface area contributed by atoms with E-state index in [2.05, 4.69) is 26.4 Å². The number of rotatable bonds is 4. The summed E-state index contributed by atoms with van der Waals surface area (Å²) in [5.41, 5.74) is 11.0. The fourth-order valence-corrected chi connectivity index (χ4v) is 2.96. The minimum atomic E-state index is -0.421. The molecule has 0 unspecified atom stereocenters. The van der Waals surface area contributed by atoms with Crippen LogP contribution in [-0.2, 0) is 17.8 Å². The largest absolute Gasteiger partial charge is 0.495 e. The monoisotopic (exact) mass is 350 g/mol. The van der Waals surface area contributed by atoms with Crippen molar-refractivity contribution in [2.24, 2.45) is 5.11 Å². The van der Waals surface area contributed by atoms with Gasteiger partial charge in [-0.15, -0.1) is 0 Å². The van der Waals surface area contributed by atoms with Gasteiger partial charge in [-0.05, 0) is 42.2 Å². The number of ether oxygens (including phenoxy) is 2. The van der Waals surface area contributed by atoms with Crippen molar-refractivity contribution in [3.8, 4) is 11.8 Å². The maximum Gasteiger partial charge on any atom is 0.149 e. The lowest BCUT2D eigenvalue weighted by atomic mass is 9.89. The molecule has 3 rings (SSSR count). The highest BCUT2D eigenvalue weighted by molar-refractivity contribution is 5.72. The van der Waals surface area contributed by atoms with Crippen LogP contribution in [0, 0.1) is 11.3 Å². The van der Waals surface area contributed by atoms with E-state index >= 15 is 0 Å². The van der Waals surface area contributed by atoms with Gasteiger partial charge in [0, 0.05) is 16.9 Å².